The quantitative estimate of drug-likeness (QED) is 0.350. The smallest absolute Gasteiger partial charge is 0.416 e. The van der Waals surface area contributed by atoms with Crippen LogP contribution in [-0.4, -0.2) is 41.0 Å². The molecular formula is C27H25Cl2F3N2O3. The Balaban J connectivity index is 1.40. The third-order valence-electron chi connectivity index (χ3n) is 7.61. The van der Waals surface area contributed by atoms with Crippen molar-refractivity contribution < 1.29 is 27.5 Å². The minimum absolute atomic E-state index is 0.106. The molecule has 2 atom stereocenters. The van der Waals surface area contributed by atoms with Crippen LogP contribution in [-0.2, 0) is 29.2 Å². The first-order chi connectivity index (χ1) is 17.4. The Morgan fingerprint density at radius 2 is 1.78 bits per heavy atom. The zero-order valence-corrected chi connectivity index (χ0v) is 22.0. The Hall–Kier alpha value is -2.71. The third kappa shape index (κ3) is 4.48. The molecule has 37 heavy (non-hydrogen) atoms. The average molecular weight is 553 g/mol. The van der Waals surface area contributed by atoms with Crippen molar-refractivity contribution in [3.63, 3.8) is 0 Å². The molecule has 2 heterocycles. The van der Waals surface area contributed by atoms with Crippen LogP contribution in [0.25, 0.3) is 10.9 Å². The van der Waals surface area contributed by atoms with E-state index in [1.807, 2.05) is 6.07 Å². The van der Waals surface area contributed by atoms with Gasteiger partial charge in [-0.2, -0.15) is 13.2 Å². The average Bonchev–Trinajstić information content (AvgIpc) is 3.15. The van der Waals surface area contributed by atoms with Gasteiger partial charge in [-0.3, -0.25) is 9.59 Å². The molecule has 1 saturated carbocycles. The molecule has 0 unspecified atom stereocenters. The number of alkyl halides is 3. The number of fused-ring (bicyclic) bond motifs is 2. The van der Waals surface area contributed by atoms with Crippen molar-refractivity contribution in [3.8, 4) is 0 Å². The molecule has 2 aliphatic rings. The maximum Gasteiger partial charge on any atom is 0.416 e. The molecule has 3 aromatic rings. The number of rotatable bonds is 5. The molecule has 1 amide bonds. The lowest BCUT2D eigenvalue weighted by molar-refractivity contribution is -0.145. The number of amides is 1. The molecule has 2 aromatic carbocycles. The van der Waals surface area contributed by atoms with Crippen LogP contribution in [0.2, 0.25) is 10.0 Å². The highest BCUT2D eigenvalue weighted by molar-refractivity contribution is 6.38. The molecular weight excluding hydrogens is 528 g/mol. The van der Waals surface area contributed by atoms with Crippen molar-refractivity contribution in [3.05, 3.63) is 68.3 Å². The Bertz CT molecular complexity index is 1420. The van der Waals surface area contributed by atoms with Crippen molar-refractivity contribution in [2.45, 2.75) is 26.4 Å². The van der Waals surface area contributed by atoms with E-state index < -0.39 is 11.7 Å². The number of hydrogen-bond donors (Lipinski definition) is 0. The van der Waals surface area contributed by atoms with Crippen molar-refractivity contribution in [1.29, 1.82) is 0 Å². The van der Waals surface area contributed by atoms with Crippen molar-refractivity contribution in [1.82, 2.24) is 9.47 Å². The third-order valence-corrected chi connectivity index (χ3v) is 8.40. The highest BCUT2D eigenvalue weighted by Gasteiger charge is 2.61. The molecule has 2 fully saturated rings. The van der Waals surface area contributed by atoms with Gasteiger partial charge in [-0.15, -0.1) is 0 Å². The number of aromatic nitrogens is 1. The molecule has 1 aromatic heterocycles. The number of carbonyl (C=O) groups excluding carboxylic acids is 2. The lowest BCUT2D eigenvalue weighted by atomic mass is 10.0. The summed E-state index contributed by atoms with van der Waals surface area (Å²) in [7, 11) is 1.70. The summed E-state index contributed by atoms with van der Waals surface area (Å²) in [4.78, 5) is 27.0. The number of halogens is 5. The Morgan fingerprint density at radius 3 is 2.41 bits per heavy atom. The van der Waals surface area contributed by atoms with E-state index in [-0.39, 0.29) is 41.1 Å². The van der Waals surface area contributed by atoms with E-state index in [1.165, 1.54) is 0 Å². The molecule has 1 aliphatic carbocycles. The normalized spacial score (nSPS) is 20.9. The second-order valence-corrected chi connectivity index (χ2v) is 10.6. The number of likely N-dealkylation sites (tertiary alicyclic amines) is 1. The molecule has 196 valence electrons. The number of nitrogens with zero attached hydrogens (tertiary/aromatic N) is 2. The van der Waals surface area contributed by atoms with Gasteiger partial charge in [-0.05, 0) is 67.1 Å². The van der Waals surface area contributed by atoms with Gasteiger partial charge in [-0.1, -0.05) is 23.2 Å². The van der Waals surface area contributed by atoms with Crippen molar-refractivity contribution in [2.75, 3.05) is 19.7 Å². The zero-order valence-electron chi connectivity index (χ0n) is 20.5. The van der Waals surface area contributed by atoms with Crippen molar-refractivity contribution in [2.24, 2.45) is 24.8 Å². The maximum atomic E-state index is 13.4. The summed E-state index contributed by atoms with van der Waals surface area (Å²) in [5.74, 6) is -0.374. The minimum Gasteiger partial charge on any atom is -0.466 e. The van der Waals surface area contributed by atoms with Crippen LogP contribution < -0.4 is 0 Å². The predicted octanol–water partition coefficient (Wildman–Crippen LogP) is 6.28. The monoisotopic (exact) mass is 552 g/mol. The molecule has 1 aliphatic heterocycles. The van der Waals surface area contributed by atoms with Gasteiger partial charge >= 0.3 is 12.1 Å². The molecule has 0 N–H and O–H groups in total. The lowest BCUT2D eigenvalue weighted by Gasteiger charge is -2.21. The van der Waals surface area contributed by atoms with Crippen LogP contribution >= 0.6 is 23.2 Å². The number of aryl methyl sites for hydroxylation is 2. The number of piperidine rings is 1. The zero-order chi connectivity index (χ0) is 26.8. The SMILES string of the molecule is CCOC(=O)C1[C@H]2CN(C(=O)c3ccc(Cl)c(Cc4cc5c(C)cc(C(F)(F)F)cc5n4C)c3Cl)C[C@H]12. The highest BCUT2D eigenvalue weighted by atomic mass is 35.5. The Kier molecular flexibility index (Phi) is 6.47. The summed E-state index contributed by atoms with van der Waals surface area (Å²) in [5, 5.41) is 1.29. The molecule has 10 heteroatoms. The molecule has 5 rings (SSSR count). The molecule has 5 nitrogen and oxygen atoms in total. The fourth-order valence-corrected chi connectivity index (χ4v) is 6.14. The Morgan fingerprint density at radius 1 is 1.11 bits per heavy atom. The van der Waals surface area contributed by atoms with E-state index in [9.17, 15) is 22.8 Å². The van der Waals surface area contributed by atoms with Crippen LogP contribution in [0.4, 0.5) is 13.2 Å². The van der Waals surface area contributed by atoms with E-state index in [2.05, 4.69) is 0 Å². The standard InChI is InChI=1S/C27H25Cl2F3N2O3/c1-4-37-26(36)23-19-11-34(12-20(19)23)25(35)16-5-6-21(28)18(24(16)29)10-15-9-17-13(2)7-14(27(30,31)32)8-22(17)33(15)3/h5-9,19-20,23H,4,10-12H2,1-3H3/t19-,20-/m0/s1. The number of hydrogen-bond acceptors (Lipinski definition) is 3. The van der Waals surface area contributed by atoms with Gasteiger partial charge in [-0.25, -0.2) is 0 Å². The summed E-state index contributed by atoms with van der Waals surface area (Å²) >= 11 is 13.2. The molecule has 0 radical (unpaired) electrons. The van der Waals surface area contributed by atoms with Crippen LogP contribution in [0.15, 0.2) is 30.3 Å². The van der Waals surface area contributed by atoms with Gasteiger partial charge in [0.15, 0.2) is 0 Å². The van der Waals surface area contributed by atoms with E-state index in [4.69, 9.17) is 27.9 Å². The molecule has 0 bridgehead atoms. The van der Waals surface area contributed by atoms with Gasteiger partial charge in [0.25, 0.3) is 5.91 Å². The van der Waals surface area contributed by atoms with Crippen LogP contribution in [0.5, 0.6) is 0 Å². The van der Waals surface area contributed by atoms with E-state index in [0.29, 0.717) is 58.0 Å². The highest BCUT2D eigenvalue weighted by Crippen LogP contribution is 2.52. The summed E-state index contributed by atoms with van der Waals surface area (Å²) < 4.78 is 46.9. The van der Waals surface area contributed by atoms with E-state index >= 15 is 0 Å². The maximum absolute atomic E-state index is 13.4. The second-order valence-electron chi connectivity index (χ2n) is 9.80. The summed E-state index contributed by atoms with van der Waals surface area (Å²) in [6, 6.07) is 7.31. The first kappa shape index (κ1) is 25.9. The number of carbonyl (C=O) groups is 2. The molecule has 1 saturated heterocycles. The lowest BCUT2D eigenvalue weighted by Crippen LogP contribution is -2.33. The fraction of sp³-hybridized carbons (Fsp3) is 0.407. The summed E-state index contributed by atoms with van der Waals surface area (Å²) in [5.41, 5.74) is 1.82. The van der Waals surface area contributed by atoms with Gasteiger partial charge in [0, 0.05) is 48.2 Å². The van der Waals surface area contributed by atoms with E-state index in [1.54, 1.807) is 42.5 Å². The van der Waals surface area contributed by atoms with Crippen molar-refractivity contribution >= 4 is 46.0 Å². The largest absolute Gasteiger partial charge is 0.466 e. The first-order valence-electron chi connectivity index (χ1n) is 12.0. The predicted molar refractivity (Wildman–Crippen MR) is 135 cm³/mol. The number of ether oxygens (including phenoxy) is 1. The number of benzene rings is 2. The summed E-state index contributed by atoms with van der Waals surface area (Å²) in [6.07, 6.45) is -4.21. The van der Waals surface area contributed by atoms with Crippen LogP contribution in [0, 0.1) is 24.7 Å². The van der Waals surface area contributed by atoms with Gasteiger partial charge in [0.05, 0.1) is 28.7 Å². The first-order valence-corrected chi connectivity index (χ1v) is 12.8. The summed E-state index contributed by atoms with van der Waals surface area (Å²) in [6.45, 7) is 4.68. The minimum atomic E-state index is -4.45. The molecule has 0 spiro atoms. The second kappa shape index (κ2) is 9.24. The van der Waals surface area contributed by atoms with Crippen LogP contribution in [0.1, 0.15) is 39.7 Å². The topological polar surface area (TPSA) is 51.5 Å². The van der Waals surface area contributed by atoms with Gasteiger partial charge in [0.2, 0.25) is 0 Å². The number of esters is 1. The Labute approximate surface area is 222 Å². The fourth-order valence-electron chi connectivity index (χ4n) is 5.55. The van der Waals surface area contributed by atoms with E-state index in [0.717, 1.165) is 12.1 Å². The van der Waals surface area contributed by atoms with Gasteiger partial charge < -0.3 is 14.2 Å². The van der Waals surface area contributed by atoms with Gasteiger partial charge in [0.1, 0.15) is 0 Å². The van der Waals surface area contributed by atoms with Crippen LogP contribution in [0.3, 0.4) is 0 Å².